The van der Waals surface area contributed by atoms with Gasteiger partial charge in [0.25, 0.3) is 11.6 Å². The molecular formula is C13H15FN2O4. The number of aliphatic hydroxyl groups is 1. The Morgan fingerprint density at radius 3 is 2.60 bits per heavy atom. The molecule has 0 unspecified atom stereocenters. The van der Waals surface area contributed by atoms with Crippen LogP contribution in [0.1, 0.15) is 30.1 Å². The van der Waals surface area contributed by atoms with E-state index in [1.807, 2.05) is 0 Å². The highest BCUT2D eigenvalue weighted by atomic mass is 19.1. The van der Waals surface area contributed by atoms with Gasteiger partial charge in [0.05, 0.1) is 10.5 Å². The molecule has 1 aromatic carbocycles. The van der Waals surface area contributed by atoms with Crippen molar-refractivity contribution < 1.29 is 19.2 Å². The van der Waals surface area contributed by atoms with Gasteiger partial charge in [-0.05, 0) is 31.9 Å². The summed E-state index contributed by atoms with van der Waals surface area (Å²) in [5, 5.41) is 20.7. The number of nitro groups is 1. The molecular weight excluding hydrogens is 267 g/mol. The second-order valence-electron chi connectivity index (χ2n) is 5.21. The molecule has 0 bridgehead atoms. The van der Waals surface area contributed by atoms with Gasteiger partial charge in [0.1, 0.15) is 11.4 Å². The first-order chi connectivity index (χ1) is 9.30. The SMILES string of the molecule is CC1(O)CCN(C(=O)c2cc(F)ccc2[N+](=O)[O-])CC1. The summed E-state index contributed by atoms with van der Waals surface area (Å²) in [4.78, 5) is 23.9. The lowest BCUT2D eigenvalue weighted by Gasteiger charge is -2.35. The van der Waals surface area contributed by atoms with Crippen molar-refractivity contribution in [2.24, 2.45) is 0 Å². The van der Waals surface area contributed by atoms with E-state index in [4.69, 9.17) is 0 Å². The molecule has 1 aliphatic rings. The predicted octanol–water partition coefficient (Wildman–Crippen LogP) is 1.72. The minimum atomic E-state index is -0.829. The number of hydrogen-bond acceptors (Lipinski definition) is 4. The molecule has 1 aliphatic heterocycles. The van der Waals surface area contributed by atoms with Gasteiger partial charge in [-0.15, -0.1) is 0 Å². The first kappa shape index (κ1) is 14.4. The Bertz CT molecular complexity index is 549. The highest BCUT2D eigenvalue weighted by molar-refractivity contribution is 5.98. The fourth-order valence-corrected chi connectivity index (χ4v) is 2.20. The van der Waals surface area contributed by atoms with Crippen LogP contribution in [0.15, 0.2) is 18.2 Å². The molecule has 0 spiro atoms. The summed E-state index contributed by atoms with van der Waals surface area (Å²) in [5.41, 5.74) is -1.49. The van der Waals surface area contributed by atoms with Crippen molar-refractivity contribution in [1.82, 2.24) is 4.90 Å². The van der Waals surface area contributed by atoms with Crippen LogP contribution in [-0.2, 0) is 0 Å². The summed E-state index contributed by atoms with van der Waals surface area (Å²) >= 11 is 0. The number of likely N-dealkylation sites (tertiary alicyclic amines) is 1. The number of amides is 1. The van der Waals surface area contributed by atoms with E-state index in [0.717, 1.165) is 18.2 Å². The molecule has 2 rings (SSSR count). The first-order valence-electron chi connectivity index (χ1n) is 6.26. The lowest BCUT2D eigenvalue weighted by molar-refractivity contribution is -0.385. The van der Waals surface area contributed by atoms with Crippen molar-refractivity contribution in [3.8, 4) is 0 Å². The summed E-state index contributed by atoms with van der Waals surface area (Å²) < 4.78 is 13.2. The van der Waals surface area contributed by atoms with Crippen molar-refractivity contribution in [2.75, 3.05) is 13.1 Å². The van der Waals surface area contributed by atoms with Crippen LogP contribution in [0.25, 0.3) is 0 Å². The van der Waals surface area contributed by atoms with Crippen LogP contribution in [0.3, 0.4) is 0 Å². The van der Waals surface area contributed by atoms with Crippen LogP contribution < -0.4 is 0 Å². The number of carbonyl (C=O) groups excluding carboxylic acids is 1. The highest BCUT2D eigenvalue weighted by Gasteiger charge is 2.32. The lowest BCUT2D eigenvalue weighted by atomic mass is 9.93. The van der Waals surface area contributed by atoms with Crippen LogP contribution in [0.2, 0.25) is 0 Å². The van der Waals surface area contributed by atoms with Crippen LogP contribution >= 0.6 is 0 Å². The molecule has 1 N–H and O–H groups in total. The maximum Gasteiger partial charge on any atom is 0.282 e. The van der Waals surface area contributed by atoms with E-state index < -0.39 is 27.9 Å². The Morgan fingerprint density at radius 1 is 1.45 bits per heavy atom. The van der Waals surface area contributed by atoms with E-state index in [0.29, 0.717) is 25.9 Å². The normalized spacial score (nSPS) is 17.9. The minimum absolute atomic E-state index is 0.253. The van der Waals surface area contributed by atoms with Gasteiger partial charge < -0.3 is 10.0 Å². The standard InChI is InChI=1S/C13H15FN2O4/c1-13(18)4-6-15(7-5-13)12(17)10-8-9(14)2-3-11(10)16(19)20/h2-3,8,18H,4-7H2,1H3. The van der Waals surface area contributed by atoms with Crippen LogP contribution in [0.4, 0.5) is 10.1 Å². The van der Waals surface area contributed by atoms with Gasteiger partial charge in [0, 0.05) is 19.2 Å². The number of halogens is 1. The smallest absolute Gasteiger partial charge is 0.282 e. The molecule has 0 aliphatic carbocycles. The van der Waals surface area contributed by atoms with Gasteiger partial charge in [-0.3, -0.25) is 14.9 Å². The Balaban J connectivity index is 2.25. The fourth-order valence-electron chi connectivity index (χ4n) is 2.20. The molecule has 1 fully saturated rings. The Labute approximate surface area is 115 Å². The third-order valence-corrected chi connectivity index (χ3v) is 3.51. The molecule has 1 saturated heterocycles. The maximum absolute atomic E-state index is 13.2. The summed E-state index contributed by atoms with van der Waals surface area (Å²) in [6.07, 6.45) is 0.781. The summed E-state index contributed by atoms with van der Waals surface area (Å²) in [5.74, 6) is -1.27. The zero-order valence-corrected chi connectivity index (χ0v) is 11.0. The van der Waals surface area contributed by atoms with Gasteiger partial charge in [-0.25, -0.2) is 4.39 Å². The van der Waals surface area contributed by atoms with E-state index >= 15 is 0 Å². The summed E-state index contributed by atoms with van der Waals surface area (Å²) in [6.45, 7) is 2.26. The molecule has 0 saturated carbocycles. The average Bonchev–Trinajstić information content (AvgIpc) is 2.37. The monoisotopic (exact) mass is 282 g/mol. The van der Waals surface area contributed by atoms with Gasteiger partial charge >= 0.3 is 0 Å². The highest BCUT2D eigenvalue weighted by Crippen LogP contribution is 2.26. The molecule has 1 amide bonds. The van der Waals surface area contributed by atoms with Crippen molar-refractivity contribution in [1.29, 1.82) is 0 Å². The molecule has 20 heavy (non-hydrogen) atoms. The van der Waals surface area contributed by atoms with Crippen LogP contribution in [0.5, 0.6) is 0 Å². The largest absolute Gasteiger partial charge is 0.390 e. The van der Waals surface area contributed by atoms with Gasteiger partial charge in [-0.2, -0.15) is 0 Å². The molecule has 0 radical (unpaired) electrons. The van der Waals surface area contributed by atoms with Gasteiger partial charge in [0.2, 0.25) is 0 Å². The fraction of sp³-hybridized carbons (Fsp3) is 0.462. The third-order valence-electron chi connectivity index (χ3n) is 3.51. The Hall–Kier alpha value is -2.02. The zero-order chi connectivity index (χ0) is 14.9. The third kappa shape index (κ3) is 2.93. The van der Waals surface area contributed by atoms with Gasteiger partial charge in [-0.1, -0.05) is 0 Å². The number of nitrogens with zero attached hydrogens (tertiary/aromatic N) is 2. The molecule has 7 heteroatoms. The van der Waals surface area contributed by atoms with Crippen molar-refractivity contribution >= 4 is 11.6 Å². The topological polar surface area (TPSA) is 83.7 Å². The number of piperidine rings is 1. The molecule has 0 atom stereocenters. The zero-order valence-electron chi connectivity index (χ0n) is 11.0. The number of hydrogen-bond donors (Lipinski definition) is 1. The van der Waals surface area contributed by atoms with E-state index in [1.165, 1.54) is 4.90 Å². The van der Waals surface area contributed by atoms with E-state index in [-0.39, 0.29) is 5.56 Å². The Morgan fingerprint density at radius 2 is 2.05 bits per heavy atom. The van der Waals surface area contributed by atoms with E-state index in [2.05, 4.69) is 0 Å². The average molecular weight is 282 g/mol. The lowest BCUT2D eigenvalue weighted by Crippen LogP contribution is -2.45. The molecule has 6 nitrogen and oxygen atoms in total. The van der Waals surface area contributed by atoms with Gasteiger partial charge in [0.15, 0.2) is 0 Å². The summed E-state index contributed by atoms with van der Waals surface area (Å²) in [6, 6.07) is 2.83. The number of benzene rings is 1. The Kier molecular flexibility index (Phi) is 3.71. The second kappa shape index (κ2) is 5.16. The molecule has 1 heterocycles. The molecule has 0 aromatic heterocycles. The van der Waals surface area contributed by atoms with E-state index in [1.54, 1.807) is 6.92 Å². The maximum atomic E-state index is 13.2. The number of nitro benzene ring substituents is 1. The number of rotatable bonds is 2. The van der Waals surface area contributed by atoms with E-state index in [9.17, 15) is 24.4 Å². The summed E-state index contributed by atoms with van der Waals surface area (Å²) in [7, 11) is 0. The number of carbonyl (C=O) groups is 1. The second-order valence-corrected chi connectivity index (χ2v) is 5.21. The minimum Gasteiger partial charge on any atom is -0.390 e. The van der Waals surface area contributed by atoms with Crippen molar-refractivity contribution in [3.05, 3.63) is 39.7 Å². The quantitative estimate of drug-likeness (QED) is 0.661. The molecule has 108 valence electrons. The van der Waals surface area contributed by atoms with Crippen LogP contribution in [0, 0.1) is 15.9 Å². The van der Waals surface area contributed by atoms with Crippen molar-refractivity contribution in [2.45, 2.75) is 25.4 Å². The predicted molar refractivity (Wildman–Crippen MR) is 68.8 cm³/mol. The van der Waals surface area contributed by atoms with Crippen molar-refractivity contribution in [3.63, 3.8) is 0 Å². The first-order valence-corrected chi connectivity index (χ1v) is 6.26. The molecule has 1 aromatic rings. The van der Waals surface area contributed by atoms with Crippen LogP contribution in [-0.4, -0.2) is 39.5 Å².